The number of hydrogen-bond donors (Lipinski definition) is 3. The van der Waals surface area contributed by atoms with Crippen LogP contribution in [0.5, 0.6) is 0 Å². The number of primary amides is 1. The Morgan fingerprint density at radius 1 is 1.03 bits per heavy atom. The van der Waals surface area contributed by atoms with Crippen molar-refractivity contribution in [1.29, 1.82) is 0 Å². The molecule has 0 radical (unpaired) electrons. The second-order valence-corrected chi connectivity index (χ2v) is 14.3. The van der Waals surface area contributed by atoms with Crippen LogP contribution in [0.2, 0.25) is 0 Å². The SMILES string of the molecule is C[C@@H]1CC(COC(N)=O)OC2[C@H]1C1(C)CCC34CC35CCC(O)C(C)(C)[C@@H]5CCC4[C@]1(C)[C@H]2O. The molecule has 7 unspecified atom stereocenters. The summed E-state index contributed by atoms with van der Waals surface area (Å²) < 4.78 is 11.6. The molecule has 6 nitrogen and oxygen atoms in total. The van der Waals surface area contributed by atoms with E-state index in [2.05, 4.69) is 34.6 Å². The van der Waals surface area contributed by atoms with Gasteiger partial charge in [0.25, 0.3) is 0 Å². The maximum absolute atomic E-state index is 12.1. The second-order valence-electron chi connectivity index (χ2n) is 14.3. The Morgan fingerprint density at radius 2 is 1.71 bits per heavy atom. The molecule has 0 aromatic carbocycles. The van der Waals surface area contributed by atoms with E-state index in [-0.39, 0.29) is 41.2 Å². The van der Waals surface area contributed by atoms with Crippen LogP contribution in [-0.2, 0) is 9.47 Å². The molecular formula is C28H45NO5. The van der Waals surface area contributed by atoms with E-state index in [4.69, 9.17) is 15.2 Å². The molecule has 2 spiro atoms. The molecule has 0 aromatic heterocycles. The third-order valence-electron chi connectivity index (χ3n) is 13.3. The second kappa shape index (κ2) is 6.92. The van der Waals surface area contributed by atoms with Crippen LogP contribution in [-0.4, -0.2) is 47.3 Å². The first kappa shape index (κ1) is 23.5. The normalized spacial score (nSPS) is 59.0. The lowest BCUT2D eigenvalue weighted by Gasteiger charge is -2.63. The van der Waals surface area contributed by atoms with Gasteiger partial charge in [0, 0.05) is 5.41 Å². The number of nitrogens with two attached hydrogens (primary N) is 1. The van der Waals surface area contributed by atoms with Crippen LogP contribution in [0, 0.1) is 50.7 Å². The summed E-state index contributed by atoms with van der Waals surface area (Å²) in [7, 11) is 0. The van der Waals surface area contributed by atoms with Crippen LogP contribution < -0.4 is 5.73 Å². The Kier molecular flexibility index (Phi) is 4.79. The summed E-state index contributed by atoms with van der Waals surface area (Å²) in [5, 5.41) is 22.9. The highest BCUT2D eigenvalue weighted by molar-refractivity contribution is 5.64. The molecular weight excluding hydrogens is 430 g/mol. The van der Waals surface area contributed by atoms with Gasteiger partial charge in [-0.25, -0.2) is 4.79 Å². The van der Waals surface area contributed by atoms with E-state index in [1.807, 2.05) is 0 Å². The van der Waals surface area contributed by atoms with Gasteiger partial charge in [-0.1, -0.05) is 34.6 Å². The van der Waals surface area contributed by atoms with E-state index >= 15 is 0 Å². The van der Waals surface area contributed by atoms with Gasteiger partial charge in [-0.3, -0.25) is 0 Å². The molecule has 0 bridgehead atoms. The predicted octanol–water partition coefficient (Wildman–Crippen LogP) is 4.26. The molecule has 192 valence electrons. The molecule has 5 saturated carbocycles. The summed E-state index contributed by atoms with van der Waals surface area (Å²) >= 11 is 0. The van der Waals surface area contributed by atoms with Gasteiger partial charge < -0.3 is 25.4 Å². The number of carbonyl (C=O) groups excluding carboxylic acids is 1. The van der Waals surface area contributed by atoms with Crippen molar-refractivity contribution in [1.82, 2.24) is 0 Å². The maximum Gasteiger partial charge on any atom is 0.404 e. The molecule has 0 aromatic rings. The molecule has 6 fully saturated rings. The summed E-state index contributed by atoms with van der Waals surface area (Å²) in [5.74, 6) is 1.78. The standard InChI is InChI=1S/C28H45NO5/c1-15-12-16(13-33-23(29)32)34-21-20(15)25(4)10-11-28-14-27(28)9-8-19(30)24(2,3)17(27)6-7-18(28)26(25,5)22(21)31/h15-22,30-31H,6-14H2,1-5H3,(H2,29,32)/t15-,16?,17+,18?,19?,20+,21?,22+,25?,26-,27?,28?/m1/s1. The molecule has 1 amide bonds. The zero-order valence-electron chi connectivity index (χ0n) is 21.7. The van der Waals surface area contributed by atoms with Gasteiger partial charge in [0.2, 0.25) is 0 Å². The van der Waals surface area contributed by atoms with Crippen molar-refractivity contribution in [2.24, 2.45) is 56.5 Å². The highest BCUT2D eigenvalue weighted by Crippen LogP contribution is 2.89. The number of carbonyl (C=O) groups is 1. The maximum atomic E-state index is 12.1. The number of hydrogen-bond acceptors (Lipinski definition) is 5. The minimum Gasteiger partial charge on any atom is -0.447 e. The number of amides is 1. The zero-order chi connectivity index (χ0) is 24.5. The smallest absolute Gasteiger partial charge is 0.404 e. The highest BCUT2D eigenvalue weighted by atomic mass is 16.6. The van der Waals surface area contributed by atoms with E-state index in [1.54, 1.807) is 0 Å². The van der Waals surface area contributed by atoms with Gasteiger partial charge in [-0.15, -0.1) is 0 Å². The monoisotopic (exact) mass is 475 g/mol. The molecule has 6 heteroatoms. The summed E-state index contributed by atoms with van der Waals surface area (Å²) in [6.45, 7) is 11.9. The van der Waals surface area contributed by atoms with Crippen LogP contribution in [0.1, 0.15) is 86.0 Å². The average molecular weight is 476 g/mol. The van der Waals surface area contributed by atoms with Crippen molar-refractivity contribution in [3.8, 4) is 0 Å². The number of ether oxygens (including phenoxy) is 2. The van der Waals surface area contributed by atoms with Crippen LogP contribution in [0.4, 0.5) is 4.79 Å². The molecule has 34 heavy (non-hydrogen) atoms. The highest BCUT2D eigenvalue weighted by Gasteiger charge is 2.84. The van der Waals surface area contributed by atoms with Crippen LogP contribution in [0.25, 0.3) is 0 Å². The van der Waals surface area contributed by atoms with Crippen molar-refractivity contribution in [2.75, 3.05) is 6.61 Å². The van der Waals surface area contributed by atoms with Gasteiger partial charge in [-0.05, 0) is 96.7 Å². The molecule has 6 aliphatic rings. The van der Waals surface area contributed by atoms with Gasteiger partial charge in [0.05, 0.1) is 24.4 Å². The first-order valence-electron chi connectivity index (χ1n) is 13.8. The topological polar surface area (TPSA) is 102 Å². The van der Waals surface area contributed by atoms with E-state index in [1.165, 1.54) is 12.8 Å². The molecule has 12 atom stereocenters. The fourth-order valence-electron chi connectivity index (χ4n) is 11.7. The third-order valence-corrected chi connectivity index (χ3v) is 13.3. The minimum atomic E-state index is -0.767. The number of fused-ring (bicyclic) bond motifs is 4. The van der Waals surface area contributed by atoms with Crippen LogP contribution in [0.3, 0.4) is 0 Å². The Hall–Kier alpha value is -0.850. The van der Waals surface area contributed by atoms with Crippen molar-refractivity contribution in [2.45, 2.75) is 110 Å². The summed E-state index contributed by atoms with van der Waals surface area (Å²) in [4.78, 5) is 11.2. The quantitative estimate of drug-likeness (QED) is 0.554. The van der Waals surface area contributed by atoms with Crippen molar-refractivity contribution < 1.29 is 24.5 Å². The van der Waals surface area contributed by atoms with Crippen LogP contribution >= 0.6 is 0 Å². The van der Waals surface area contributed by atoms with Gasteiger partial charge in [-0.2, -0.15) is 0 Å². The van der Waals surface area contributed by atoms with Gasteiger partial charge >= 0.3 is 6.09 Å². The predicted molar refractivity (Wildman–Crippen MR) is 128 cm³/mol. The first-order valence-corrected chi connectivity index (χ1v) is 13.8. The van der Waals surface area contributed by atoms with Crippen molar-refractivity contribution in [3.05, 3.63) is 0 Å². The van der Waals surface area contributed by atoms with Crippen molar-refractivity contribution >= 4 is 6.09 Å². The number of rotatable bonds is 2. The molecule has 1 saturated heterocycles. The lowest BCUT2D eigenvalue weighted by Crippen LogP contribution is -2.59. The molecule has 6 rings (SSSR count). The largest absolute Gasteiger partial charge is 0.447 e. The fraction of sp³-hybridized carbons (Fsp3) is 0.964. The molecule has 1 aliphatic heterocycles. The fourth-order valence-corrected chi connectivity index (χ4v) is 11.7. The van der Waals surface area contributed by atoms with Gasteiger partial charge in [0.15, 0.2) is 0 Å². The Morgan fingerprint density at radius 3 is 2.41 bits per heavy atom. The molecule has 4 N–H and O–H groups in total. The lowest BCUT2D eigenvalue weighted by molar-refractivity contribution is -0.182. The third kappa shape index (κ3) is 2.51. The van der Waals surface area contributed by atoms with E-state index in [0.29, 0.717) is 34.5 Å². The number of aliphatic hydroxyl groups excluding tert-OH is 2. The minimum absolute atomic E-state index is 0.0259. The Balaban J connectivity index is 1.34. The lowest BCUT2D eigenvalue weighted by atomic mass is 9.41. The van der Waals surface area contributed by atoms with Gasteiger partial charge in [0.1, 0.15) is 6.61 Å². The average Bonchev–Trinajstić information content (AvgIpc) is 3.40. The first-order chi connectivity index (χ1) is 15.8. The molecule has 1 heterocycles. The Labute approximate surface area is 204 Å². The summed E-state index contributed by atoms with van der Waals surface area (Å²) in [6.07, 6.45) is 6.99. The zero-order valence-corrected chi connectivity index (χ0v) is 21.7. The Bertz CT molecular complexity index is 892. The van der Waals surface area contributed by atoms with E-state index in [0.717, 1.165) is 38.5 Å². The van der Waals surface area contributed by atoms with Crippen LogP contribution in [0.15, 0.2) is 0 Å². The number of aliphatic hydroxyl groups is 2. The van der Waals surface area contributed by atoms with E-state index in [9.17, 15) is 15.0 Å². The summed E-state index contributed by atoms with van der Waals surface area (Å²) in [6, 6.07) is 0. The molecule has 5 aliphatic carbocycles. The summed E-state index contributed by atoms with van der Waals surface area (Å²) in [5.41, 5.74) is 5.68. The van der Waals surface area contributed by atoms with E-state index < -0.39 is 12.2 Å². The van der Waals surface area contributed by atoms with Crippen molar-refractivity contribution in [3.63, 3.8) is 0 Å².